The molecule has 1 spiro atoms. The number of alkyl halides is 2. The average Bonchev–Trinajstić information content (AvgIpc) is 3.26. The van der Waals surface area contributed by atoms with E-state index in [0.29, 0.717) is 31.5 Å². The van der Waals surface area contributed by atoms with Crippen LogP contribution in [0.1, 0.15) is 67.2 Å². The number of rotatable bonds is 12. The van der Waals surface area contributed by atoms with Crippen LogP contribution in [0.15, 0.2) is 76.9 Å². The molecule has 2 aliphatic rings. The predicted molar refractivity (Wildman–Crippen MR) is 170 cm³/mol. The Morgan fingerprint density at radius 1 is 1.14 bits per heavy atom. The van der Waals surface area contributed by atoms with Crippen LogP contribution in [0, 0.1) is 5.92 Å². The Kier molecular flexibility index (Phi) is 20.4. The Hall–Kier alpha value is -3.46. The molecule has 0 bridgehead atoms. The Morgan fingerprint density at radius 2 is 1.83 bits per heavy atom. The van der Waals surface area contributed by atoms with Crippen molar-refractivity contribution in [3.63, 3.8) is 0 Å². The minimum absolute atomic E-state index is 0.104. The molecule has 2 rings (SSSR count). The number of hydrogen-bond acceptors (Lipinski definition) is 5. The van der Waals surface area contributed by atoms with Crippen molar-refractivity contribution in [2.24, 2.45) is 10.9 Å². The zero-order valence-corrected chi connectivity index (χ0v) is 26.3. The fourth-order valence-corrected chi connectivity index (χ4v) is 3.89. The standard InChI is InChI=1S/C22H30N4O3.C9H14F2.C2H6/c1-16(2)19(15-27)24-17(3)23-14-8-11-18-9-5-6-12-22(13-7-10-18)20(28)25-21(29)26(22)4;1-2-9(8-11)6-4-3-5-7-10;1-2/h5-11,15-17,23H,12-14H2,1-4H3,(H,25,28,29);3,5-6H,2,4,7-8H2,1H3;1-2H3/b6-5+,10-7+,11-8+,18-9+,24-19+;5-3-,9-6+;/t17-,22+;;/m1../s1. The van der Waals surface area contributed by atoms with E-state index in [1.807, 2.05) is 84.1 Å². The highest BCUT2D eigenvalue weighted by Crippen LogP contribution is 2.30. The molecule has 3 amide bonds. The van der Waals surface area contributed by atoms with Crippen molar-refractivity contribution in [3.05, 3.63) is 71.9 Å². The molecule has 0 aromatic carbocycles. The van der Waals surface area contributed by atoms with Gasteiger partial charge in [0.05, 0.1) is 11.9 Å². The summed E-state index contributed by atoms with van der Waals surface area (Å²) in [5.41, 5.74) is 1.46. The molecular weight excluding hydrogens is 538 g/mol. The van der Waals surface area contributed by atoms with Gasteiger partial charge in [-0.2, -0.15) is 0 Å². The van der Waals surface area contributed by atoms with Crippen LogP contribution in [-0.4, -0.2) is 67.5 Å². The summed E-state index contributed by atoms with van der Waals surface area (Å²) in [7, 11) is 1.65. The van der Waals surface area contributed by atoms with E-state index in [9.17, 15) is 23.2 Å². The molecule has 0 aromatic heterocycles. The quantitative estimate of drug-likeness (QED) is 0.114. The first-order chi connectivity index (χ1) is 20.1. The Labute approximate surface area is 251 Å². The summed E-state index contributed by atoms with van der Waals surface area (Å²) in [4.78, 5) is 41.1. The fraction of sp³-hybridized carbons (Fsp3) is 0.515. The summed E-state index contributed by atoms with van der Waals surface area (Å²) in [6, 6.07) is -0.359. The molecule has 1 saturated heterocycles. The minimum atomic E-state index is -0.862. The van der Waals surface area contributed by atoms with Gasteiger partial charge in [0.2, 0.25) is 0 Å². The van der Waals surface area contributed by atoms with Gasteiger partial charge in [-0.25, -0.2) is 13.6 Å². The van der Waals surface area contributed by atoms with E-state index in [4.69, 9.17) is 0 Å². The number of hydrogen-bond donors (Lipinski definition) is 2. The maximum absolute atomic E-state index is 12.3. The number of imide groups is 1. The number of halogens is 2. The van der Waals surface area contributed by atoms with Gasteiger partial charge in [-0.1, -0.05) is 95.4 Å². The number of nitrogens with zero attached hydrogens (tertiary/aromatic N) is 2. The second kappa shape index (κ2) is 22.2. The lowest BCUT2D eigenvalue weighted by Crippen LogP contribution is -2.47. The van der Waals surface area contributed by atoms with Crippen LogP contribution in [0.4, 0.5) is 13.6 Å². The molecule has 7 nitrogen and oxygen atoms in total. The third kappa shape index (κ3) is 13.5. The van der Waals surface area contributed by atoms with Crippen molar-refractivity contribution in [1.29, 1.82) is 0 Å². The van der Waals surface area contributed by atoms with Crippen LogP contribution >= 0.6 is 0 Å². The molecule has 1 aliphatic carbocycles. The van der Waals surface area contributed by atoms with Crippen molar-refractivity contribution >= 4 is 23.9 Å². The van der Waals surface area contributed by atoms with Crippen LogP contribution in [0.3, 0.4) is 0 Å². The van der Waals surface area contributed by atoms with Crippen LogP contribution in [0.2, 0.25) is 0 Å². The third-order valence-electron chi connectivity index (χ3n) is 6.56. The molecule has 42 heavy (non-hydrogen) atoms. The second-order valence-corrected chi connectivity index (χ2v) is 9.78. The average molecular weight is 589 g/mol. The molecule has 0 radical (unpaired) electrons. The Bertz CT molecular complexity index is 1050. The number of nitrogens with one attached hydrogen (secondary N) is 2. The van der Waals surface area contributed by atoms with E-state index in [1.165, 1.54) is 11.0 Å². The maximum atomic E-state index is 12.3. The first kappa shape index (κ1) is 38.5. The topological polar surface area (TPSA) is 90.9 Å². The molecule has 1 aliphatic heterocycles. The molecule has 2 atom stereocenters. The number of carbonyl (C=O) groups is 3. The van der Waals surface area contributed by atoms with Crippen molar-refractivity contribution in [1.82, 2.24) is 15.5 Å². The number of aldehydes is 1. The van der Waals surface area contributed by atoms with Crippen molar-refractivity contribution in [3.8, 4) is 0 Å². The summed E-state index contributed by atoms with van der Waals surface area (Å²) in [6.45, 7) is 11.5. The lowest BCUT2D eigenvalue weighted by molar-refractivity contribution is -0.126. The number of urea groups is 1. The maximum Gasteiger partial charge on any atom is 0.324 e. The van der Waals surface area contributed by atoms with E-state index in [-0.39, 0.29) is 30.7 Å². The van der Waals surface area contributed by atoms with Crippen LogP contribution in [-0.2, 0) is 9.59 Å². The van der Waals surface area contributed by atoms with Gasteiger partial charge in [0, 0.05) is 13.6 Å². The number of likely N-dealkylation sites (N-methyl/N-ethyl adjacent to an activating group) is 1. The van der Waals surface area contributed by atoms with Crippen molar-refractivity contribution in [2.45, 2.75) is 78.9 Å². The van der Waals surface area contributed by atoms with Gasteiger partial charge in [0.15, 0.2) is 6.29 Å². The fourth-order valence-electron chi connectivity index (χ4n) is 3.89. The first-order valence-corrected chi connectivity index (χ1v) is 14.6. The van der Waals surface area contributed by atoms with Crippen molar-refractivity contribution < 1.29 is 23.2 Å². The summed E-state index contributed by atoms with van der Waals surface area (Å²) in [5, 5.41) is 5.63. The Balaban J connectivity index is 0.00000109. The normalized spacial score (nSPS) is 22.8. The summed E-state index contributed by atoms with van der Waals surface area (Å²) in [6.07, 6.45) is 21.5. The van der Waals surface area contributed by atoms with E-state index in [2.05, 4.69) is 15.6 Å². The molecule has 0 saturated carbocycles. The van der Waals surface area contributed by atoms with Crippen molar-refractivity contribution in [2.75, 3.05) is 26.9 Å². The summed E-state index contributed by atoms with van der Waals surface area (Å²) in [5.74, 6) is -0.152. The van der Waals surface area contributed by atoms with E-state index in [0.717, 1.165) is 23.9 Å². The summed E-state index contributed by atoms with van der Waals surface area (Å²) < 4.78 is 23.5. The largest absolute Gasteiger partial charge is 0.324 e. The van der Waals surface area contributed by atoms with Gasteiger partial charge in [0.25, 0.3) is 5.91 Å². The van der Waals surface area contributed by atoms with Gasteiger partial charge in [0.1, 0.15) is 18.9 Å². The smallest absolute Gasteiger partial charge is 0.312 e. The molecule has 2 N–H and O–H groups in total. The molecule has 1 heterocycles. The second-order valence-electron chi connectivity index (χ2n) is 9.78. The lowest BCUT2D eigenvalue weighted by atomic mass is 9.89. The number of amides is 3. The Morgan fingerprint density at radius 3 is 2.38 bits per heavy atom. The molecule has 0 unspecified atom stereocenters. The molecule has 9 heteroatoms. The number of carbonyl (C=O) groups excluding carboxylic acids is 3. The number of allylic oxidation sites excluding steroid dienone is 9. The zero-order valence-electron chi connectivity index (χ0n) is 26.3. The zero-order chi connectivity index (χ0) is 32.0. The molecule has 1 fully saturated rings. The van der Waals surface area contributed by atoms with Gasteiger partial charge >= 0.3 is 6.03 Å². The van der Waals surface area contributed by atoms with Crippen LogP contribution in [0.5, 0.6) is 0 Å². The van der Waals surface area contributed by atoms with E-state index in [1.54, 1.807) is 19.2 Å². The third-order valence-corrected chi connectivity index (χ3v) is 6.56. The van der Waals surface area contributed by atoms with Crippen LogP contribution < -0.4 is 10.6 Å². The molecule has 234 valence electrons. The molecular formula is C33H50F2N4O3. The minimum Gasteiger partial charge on any atom is -0.312 e. The summed E-state index contributed by atoms with van der Waals surface area (Å²) >= 11 is 0. The highest BCUT2D eigenvalue weighted by Gasteiger charge is 2.49. The van der Waals surface area contributed by atoms with Crippen LogP contribution in [0.25, 0.3) is 0 Å². The first-order valence-electron chi connectivity index (χ1n) is 14.6. The SMILES string of the molecule is CC.CC(C)/C(C=O)=N/[C@H](C)NC/C=C/C1=C/C=C/C[C@]2(C\C=C\1)C(=O)NC(=O)N2C.CC/C(=C\C/C=C\CF)CF. The monoisotopic (exact) mass is 588 g/mol. The van der Waals surface area contributed by atoms with Gasteiger partial charge in [-0.05, 0) is 49.7 Å². The lowest BCUT2D eigenvalue weighted by Gasteiger charge is -2.30. The number of aliphatic imine (C=N–C) groups is 1. The van der Waals surface area contributed by atoms with E-state index >= 15 is 0 Å². The highest BCUT2D eigenvalue weighted by molar-refractivity contribution is 6.29. The molecule has 0 aromatic rings. The van der Waals surface area contributed by atoms with Gasteiger partial charge < -0.3 is 4.90 Å². The van der Waals surface area contributed by atoms with E-state index < -0.39 is 12.2 Å². The highest BCUT2D eigenvalue weighted by atomic mass is 19.1. The van der Waals surface area contributed by atoms with Gasteiger partial charge in [-0.15, -0.1) is 0 Å². The van der Waals surface area contributed by atoms with Gasteiger partial charge in [-0.3, -0.25) is 25.2 Å². The predicted octanol–water partition coefficient (Wildman–Crippen LogP) is 6.76.